The number of hydrogen-bond acceptors (Lipinski definition) is 4. The highest BCUT2D eigenvalue weighted by molar-refractivity contribution is 5.55. The van der Waals surface area contributed by atoms with Crippen LogP contribution >= 0.6 is 0 Å². The second kappa shape index (κ2) is 7.32. The summed E-state index contributed by atoms with van der Waals surface area (Å²) in [4.78, 5) is 2.27. The van der Waals surface area contributed by atoms with Crippen molar-refractivity contribution in [2.24, 2.45) is 7.05 Å². The molecule has 24 heavy (non-hydrogen) atoms. The van der Waals surface area contributed by atoms with Gasteiger partial charge in [0.1, 0.15) is 5.82 Å². The number of morpholine rings is 1. The molecule has 0 spiro atoms. The smallest absolute Gasteiger partial charge is 0.123 e. The first-order valence-corrected chi connectivity index (χ1v) is 8.39. The van der Waals surface area contributed by atoms with E-state index < -0.39 is 0 Å². The van der Waals surface area contributed by atoms with Crippen molar-refractivity contribution in [3.63, 3.8) is 0 Å². The van der Waals surface area contributed by atoms with Crippen LogP contribution in [0.1, 0.15) is 29.8 Å². The van der Waals surface area contributed by atoms with Crippen molar-refractivity contribution in [1.29, 1.82) is 0 Å². The van der Waals surface area contributed by atoms with Crippen LogP contribution in [0.15, 0.2) is 24.4 Å². The molecule has 0 aliphatic carbocycles. The first-order valence-electron chi connectivity index (χ1n) is 8.39. The molecule has 6 heteroatoms. The molecule has 1 N–H and O–H groups in total. The zero-order valence-corrected chi connectivity index (χ0v) is 14.6. The Morgan fingerprint density at radius 2 is 2.08 bits per heavy atom. The maximum atomic E-state index is 13.8. The molecule has 1 saturated heterocycles. The van der Waals surface area contributed by atoms with Crippen LogP contribution in [-0.4, -0.2) is 36.1 Å². The maximum absolute atomic E-state index is 13.8. The molecule has 3 rings (SSSR count). The first-order chi connectivity index (χ1) is 11.6. The quantitative estimate of drug-likeness (QED) is 0.914. The van der Waals surface area contributed by atoms with Crippen LogP contribution in [0.5, 0.6) is 0 Å². The molecule has 1 atom stereocenters. The Morgan fingerprint density at radius 1 is 1.33 bits per heavy atom. The van der Waals surface area contributed by atoms with Gasteiger partial charge in [0.25, 0.3) is 0 Å². The van der Waals surface area contributed by atoms with Gasteiger partial charge in [0.2, 0.25) is 0 Å². The summed E-state index contributed by atoms with van der Waals surface area (Å²) >= 11 is 0. The third-order valence-corrected chi connectivity index (χ3v) is 4.74. The minimum atomic E-state index is -0.201. The lowest BCUT2D eigenvalue weighted by molar-refractivity contribution is 0.122. The summed E-state index contributed by atoms with van der Waals surface area (Å²) < 4.78 is 21.1. The molecule has 130 valence electrons. The Labute approximate surface area is 142 Å². The van der Waals surface area contributed by atoms with Crippen molar-refractivity contribution in [1.82, 2.24) is 15.1 Å². The highest BCUT2D eigenvalue weighted by Gasteiger charge is 2.19. The molecular formula is C18H25FN4O. The van der Waals surface area contributed by atoms with Gasteiger partial charge in [-0.3, -0.25) is 4.68 Å². The fourth-order valence-electron chi connectivity index (χ4n) is 3.06. The number of nitrogens with zero attached hydrogens (tertiary/aromatic N) is 3. The van der Waals surface area contributed by atoms with Crippen LogP contribution in [0.3, 0.4) is 0 Å². The Morgan fingerprint density at radius 3 is 2.75 bits per heavy atom. The van der Waals surface area contributed by atoms with E-state index in [0.717, 1.165) is 35.6 Å². The Bertz CT molecular complexity index is 694. The van der Waals surface area contributed by atoms with E-state index in [2.05, 4.69) is 29.2 Å². The summed E-state index contributed by atoms with van der Waals surface area (Å²) in [6.07, 6.45) is 1.88. The fourth-order valence-corrected chi connectivity index (χ4v) is 3.06. The average Bonchev–Trinajstić information content (AvgIpc) is 2.92. The van der Waals surface area contributed by atoms with E-state index in [-0.39, 0.29) is 11.9 Å². The van der Waals surface area contributed by atoms with Crippen LogP contribution in [0.25, 0.3) is 0 Å². The topological polar surface area (TPSA) is 42.3 Å². The lowest BCUT2D eigenvalue weighted by Gasteiger charge is -2.32. The van der Waals surface area contributed by atoms with Crippen LogP contribution in [0.2, 0.25) is 0 Å². The molecule has 0 radical (unpaired) electrons. The van der Waals surface area contributed by atoms with Gasteiger partial charge in [-0.2, -0.15) is 5.10 Å². The minimum absolute atomic E-state index is 0.0400. The molecule has 1 aromatic carbocycles. The summed E-state index contributed by atoms with van der Waals surface area (Å²) in [7, 11) is 1.94. The van der Waals surface area contributed by atoms with Crippen LogP contribution in [0, 0.1) is 12.7 Å². The molecule has 0 amide bonds. The van der Waals surface area contributed by atoms with Gasteiger partial charge in [-0.15, -0.1) is 0 Å². The van der Waals surface area contributed by atoms with E-state index in [1.807, 2.05) is 24.0 Å². The van der Waals surface area contributed by atoms with Crippen molar-refractivity contribution < 1.29 is 9.13 Å². The number of benzene rings is 1. The summed E-state index contributed by atoms with van der Waals surface area (Å²) in [5.41, 5.74) is 4.37. The van der Waals surface area contributed by atoms with Crippen molar-refractivity contribution >= 4 is 5.69 Å². The van der Waals surface area contributed by atoms with E-state index in [0.29, 0.717) is 19.8 Å². The summed E-state index contributed by atoms with van der Waals surface area (Å²) in [6.45, 7) is 7.95. The Hall–Kier alpha value is -1.92. The number of halogens is 1. The van der Waals surface area contributed by atoms with E-state index in [4.69, 9.17) is 4.74 Å². The van der Waals surface area contributed by atoms with Crippen molar-refractivity contribution in [3.05, 3.63) is 47.0 Å². The molecule has 0 unspecified atom stereocenters. The highest BCUT2D eigenvalue weighted by atomic mass is 19.1. The lowest BCUT2D eigenvalue weighted by atomic mass is 10.0. The second-order valence-electron chi connectivity index (χ2n) is 6.28. The maximum Gasteiger partial charge on any atom is 0.123 e. The summed E-state index contributed by atoms with van der Waals surface area (Å²) in [5, 5.41) is 7.76. The number of ether oxygens (including phenoxy) is 1. The molecule has 0 bridgehead atoms. The molecule has 1 fully saturated rings. The zero-order valence-electron chi connectivity index (χ0n) is 14.6. The van der Waals surface area contributed by atoms with E-state index in [1.54, 1.807) is 6.07 Å². The van der Waals surface area contributed by atoms with Crippen LogP contribution < -0.4 is 10.2 Å². The van der Waals surface area contributed by atoms with E-state index in [9.17, 15) is 4.39 Å². The van der Waals surface area contributed by atoms with Crippen molar-refractivity contribution in [2.45, 2.75) is 26.4 Å². The van der Waals surface area contributed by atoms with Gasteiger partial charge >= 0.3 is 0 Å². The van der Waals surface area contributed by atoms with Gasteiger partial charge in [-0.05, 0) is 37.6 Å². The molecule has 1 aliphatic rings. The average molecular weight is 332 g/mol. The van der Waals surface area contributed by atoms with Crippen LogP contribution in [-0.2, 0) is 18.3 Å². The van der Waals surface area contributed by atoms with Crippen LogP contribution in [0.4, 0.5) is 10.1 Å². The third-order valence-electron chi connectivity index (χ3n) is 4.74. The molecule has 1 aliphatic heterocycles. The van der Waals surface area contributed by atoms with Gasteiger partial charge in [-0.1, -0.05) is 0 Å². The Kier molecular flexibility index (Phi) is 5.16. The molecule has 2 aromatic rings. The standard InChI is InChI=1S/C18H25FN4O/c1-13(20-11-15-12-21-22(3)14(15)2)17-10-16(19)4-5-18(17)23-6-8-24-9-7-23/h4-5,10,12-13,20H,6-9,11H2,1-3H3/t13-/m1/s1. The predicted molar refractivity (Wildman–Crippen MR) is 92.6 cm³/mol. The minimum Gasteiger partial charge on any atom is -0.378 e. The monoisotopic (exact) mass is 332 g/mol. The van der Waals surface area contributed by atoms with Crippen molar-refractivity contribution in [2.75, 3.05) is 31.2 Å². The number of rotatable bonds is 5. The predicted octanol–water partition coefficient (Wildman–Crippen LogP) is 2.56. The second-order valence-corrected chi connectivity index (χ2v) is 6.28. The number of aryl methyl sites for hydroxylation is 1. The number of aromatic nitrogens is 2. The van der Waals surface area contributed by atoms with E-state index in [1.165, 1.54) is 6.07 Å². The number of hydrogen-bond donors (Lipinski definition) is 1. The van der Waals surface area contributed by atoms with Gasteiger partial charge in [0.15, 0.2) is 0 Å². The molecule has 2 heterocycles. The third kappa shape index (κ3) is 3.60. The largest absolute Gasteiger partial charge is 0.378 e. The normalized spacial score (nSPS) is 16.4. The molecule has 1 aromatic heterocycles. The molecule has 0 saturated carbocycles. The van der Waals surface area contributed by atoms with Gasteiger partial charge in [0.05, 0.1) is 19.4 Å². The Balaban J connectivity index is 1.76. The van der Waals surface area contributed by atoms with E-state index >= 15 is 0 Å². The lowest BCUT2D eigenvalue weighted by Crippen LogP contribution is -2.37. The highest BCUT2D eigenvalue weighted by Crippen LogP contribution is 2.28. The van der Waals surface area contributed by atoms with Crippen molar-refractivity contribution in [3.8, 4) is 0 Å². The fraction of sp³-hybridized carbons (Fsp3) is 0.500. The molecular weight excluding hydrogens is 307 g/mol. The number of nitrogens with one attached hydrogen (secondary N) is 1. The number of anilines is 1. The zero-order chi connectivity index (χ0) is 17.1. The SMILES string of the molecule is Cc1c(CN[C@H](C)c2cc(F)ccc2N2CCOCC2)cnn1C. The van der Waals surface area contributed by atoms with Gasteiger partial charge in [-0.25, -0.2) is 4.39 Å². The summed E-state index contributed by atoms with van der Waals surface area (Å²) in [5.74, 6) is -0.201. The van der Waals surface area contributed by atoms with Gasteiger partial charge in [0, 0.05) is 49.7 Å². The summed E-state index contributed by atoms with van der Waals surface area (Å²) in [6, 6.07) is 5.09. The first kappa shape index (κ1) is 16.9. The van der Waals surface area contributed by atoms with Gasteiger partial charge < -0.3 is 15.0 Å². The molecule has 5 nitrogen and oxygen atoms in total.